The van der Waals surface area contributed by atoms with Crippen LogP contribution in [-0.2, 0) is 6.42 Å². The van der Waals surface area contributed by atoms with Crippen LogP contribution in [0.25, 0.3) is 0 Å². The molecule has 1 heterocycles. The normalized spacial score (nSPS) is 13.7. The van der Waals surface area contributed by atoms with Crippen LogP contribution < -0.4 is 10.6 Å². The highest BCUT2D eigenvalue weighted by Crippen LogP contribution is 2.10. The molecule has 1 aromatic rings. The molecule has 0 radical (unpaired) electrons. The zero-order chi connectivity index (χ0) is 17.2. The van der Waals surface area contributed by atoms with Gasteiger partial charge in [-0.1, -0.05) is 45.7 Å². The van der Waals surface area contributed by atoms with Crippen LogP contribution >= 0.6 is 0 Å². The van der Waals surface area contributed by atoms with Gasteiger partial charge in [-0.3, -0.25) is 4.99 Å². The monoisotopic (exact) mass is 323 g/mol. The maximum absolute atomic E-state index is 5.24. The quantitative estimate of drug-likeness (QED) is 0.539. The van der Waals surface area contributed by atoms with E-state index in [1.165, 1.54) is 12.8 Å². The molecular weight excluding hydrogens is 290 g/mol. The van der Waals surface area contributed by atoms with E-state index in [9.17, 15) is 0 Å². The molecule has 0 aliphatic rings. The van der Waals surface area contributed by atoms with Gasteiger partial charge in [0.05, 0.1) is 0 Å². The lowest BCUT2D eigenvalue weighted by molar-refractivity contribution is 0.371. The summed E-state index contributed by atoms with van der Waals surface area (Å²) in [5, 5.41) is 10.7. The third kappa shape index (κ3) is 8.00. The van der Waals surface area contributed by atoms with E-state index in [0.717, 1.165) is 30.7 Å². The Hall–Kier alpha value is -1.59. The Bertz CT molecular complexity index is 467. The summed E-state index contributed by atoms with van der Waals surface area (Å²) in [6, 6.07) is 0.413. The van der Waals surface area contributed by atoms with Gasteiger partial charge < -0.3 is 15.2 Å². The Labute approximate surface area is 140 Å². The first-order valence-corrected chi connectivity index (χ1v) is 8.72. The van der Waals surface area contributed by atoms with Gasteiger partial charge in [0, 0.05) is 32.0 Å². The van der Waals surface area contributed by atoms with Gasteiger partial charge in [-0.25, -0.2) is 0 Å². The summed E-state index contributed by atoms with van der Waals surface area (Å²) in [6.45, 7) is 11.6. The molecule has 6 heteroatoms. The second-order valence-corrected chi connectivity index (χ2v) is 6.82. The summed E-state index contributed by atoms with van der Waals surface area (Å²) >= 11 is 0. The molecule has 1 rings (SSSR count). The molecule has 0 saturated heterocycles. The average Bonchev–Trinajstić information content (AvgIpc) is 2.95. The van der Waals surface area contributed by atoms with Gasteiger partial charge >= 0.3 is 0 Å². The van der Waals surface area contributed by atoms with E-state index < -0.39 is 0 Å². The van der Waals surface area contributed by atoms with Gasteiger partial charge in [-0.2, -0.15) is 4.98 Å². The second-order valence-electron chi connectivity index (χ2n) is 6.82. The molecule has 0 spiro atoms. The summed E-state index contributed by atoms with van der Waals surface area (Å²) in [7, 11) is 1.79. The first kappa shape index (κ1) is 19.5. The maximum Gasteiger partial charge on any atom is 0.228 e. The van der Waals surface area contributed by atoms with Gasteiger partial charge in [0.15, 0.2) is 11.8 Å². The third-order valence-corrected chi connectivity index (χ3v) is 3.66. The zero-order valence-corrected chi connectivity index (χ0v) is 15.5. The Kier molecular flexibility index (Phi) is 8.66. The lowest BCUT2D eigenvalue weighted by atomic mass is 10.0. The van der Waals surface area contributed by atoms with E-state index in [-0.39, 0.29) is 0 Å². The Balaban J connectivity index is 2.27. The number of guanidine groups is 1. The van der Waals surface area contributed by atoms with Crippen LogP contribution in [-0.4, -0.2) is 35.7 Å². The molecule has 0 fully saturated rings. The van der Waals surface area contributed by atoms with Crippen LogP contribution in [0.15, 0.2) is 9.52 Å². The smallest absolute Gasteiger partial charge is 0.228 e. The zero-order valence-electron chi connectivity index (χ0n) is 15.5. The molecule has 0 aliphatic carbocycles. The molecule has 1 unspecified atom stereocenters. The Morgan fingerprint density at radius 2 is 1.91 bits per heavy atom. The van der Waals surface area contributed by atoms with Crippen LogP contribution in [0.1, 0.15) is 71.5 Å². The second kappa shape index (κ2) is 10.2. The molecule has 0 aliphatic heterocycles. The minimum absolute atomic E-state index is 0.293. The van der Waals surface area contributed by atoms with Crippen molar-refractivity contribution in [2.75, 3.05) is 13.6 Å². The minimum atomic E-state index is 0.293. The maximum atomic E-state index is 5.24. The summed E-state index contributed by atoms with van der Waals surface area (Å²) in [4.78, 5) is 8.64. The number of rotatable bonds is 9. The standard InChI is InChI=1S/C17H33N5O/c1-12(2)8-7-9-14(5)20-17(18-6)19-11-10-15-21-16(13(3)4)22-23-15/h12-14H,7-11H2,1-6H3,(H2,18,19,20). The van der Waals surface area contributed by atoms with Crippen molar-refractivity contribution < 1.29 is 4.52 Å². The third-order valence-electron chi connectivity index (χ3n) is 3.66. The molecule has 1 aromatic heterocycles. The fourth-order valence-electron chi connectivity index (χ4n) is 2.22. The molecule has 2 N–H and O–H groups in total. The number of hydrogen-bond donors (Lipinski definition) is 2. The number of nitrogens with one attached hydrogen (secondary N) is 2. The Morgan fingerprint density at radius 1 is 1.17 bits per heavy atom. The molecule has 0 amide bonds. The largest absolute Gasteiger partial charge is 0.356 e. The summed E-state index contributed by atoms with van der Waals surface area (Å²) in [5.74, 6) is 3.32. The highest BCUT2D eigenvalue weighted by molar-refractivity contribution is 5.79. The van der Waals surface area contributed by atoms with Crippen LogP contribution in [0.5, 0.6) is 0 Å². The fraction of sp³-hybridized carbons (Fsp3) is 0.824. The molecule has 132 valence electrons. The molecule has 23 heavy (non-hydrogen) atoms. The van der Waals surface area contributed by atoms with Crippen molar-refractivity contribution >= 4 is 5.96 Å². The van der Waals surface area contributed by atoms with E-state index in [2.05, 4.69) is 60.4 Å². The summed E-state index contributed by atoms with van der Waals surface area (Å²) < 4.78 is 5.24. The van der Waals surface area contributed by atoms with Crippen molar-refractivity contribution in [1.29, 1.82) is 0 Å². The number of hydrogen-bond acceptors (Lipinski definition) is 4. The number of aliphatic imine (C=N–C) groups is 1. The van der Waals surface area contributed by atoms with Crippen LogP contribution in [0, 0.1) is 5.92 Å². The molecule has 1 atom stereocenters. The minimum Gasteiger partial charge on any atom is -0.356 e. The van der Waals surface area contributed by atoms with Crippen LogP contribution in [0.2, 0.25) is 0 Å². The fourth-order valence-corrected chi connectivity index (χ4v) is 2.22. The van der Waals surface area contributed by atoms with Gasteiger partial charge in [0.2, 0.25) is 5.89 Å². The number of aromatic nitrogens is 2. The molecule has 0 aromatic carbocycles. The average molecular weight is 323 g/mol. The molecule has 6 nitrogen and oxygen atoms in total. The summed E-state index contributed by atoms with van der Waals surface area (Å²) in [6.07, 6.45) is 4.36. The van der Waals surface area contributed by atoms with E-state index in [0.29, 0.717) is 24.3 Å². The molecular formula is C17H33N5O. The highest BCUT2D eigenvalue weighted by Gasteiger charge is 2.10. The van der Waals surface area contributed by atoms with Crippen molar-refractivity contribution in [3.05, 3.63) is 11.7 Å². The van der Waals surface area contributed by atoms with E-state index in [4.69, 9.17) is 4.52 Å². The van der Waals surface area contributed by atoms with Crippen molar-refractivity contribution in [2.24, 2.45) is 10.9 Å². The first-order valence-electron chi connectivity index (χ1n) is 8.72. The van der Waals surface area contributed by atoms with Gasteiger partial charge in [-0.05, 0) is 19.3 Å². The lowest BCUT2D eigenvalue weighted by Crippen LogP contribution is -2.42. The number of nitrogens with zero attached hydrogens (tertiary/aromatic N) is 3. The topological polar surface area (TPSA) is 75.3 Å². The lowest BCUT2D eigenvalue weighted by Gasteiger charge is -2.18. The molecule has 0 bridgehead atoms. The van der Waals surface area contributed by atoms with Crippen LogP contribution in [0.4, 0.5) is 0 Å². The predicted molar refractivity (Wildman–Crippen MR) is 94.7 cm³/mol. The highest BCUT2D eigenvalue weighted by atomic mass is 16.5. The van der Waals surface area contributed by atoms with Gasteiger partial charge in [0.1, 0.15) is 0 Å². The van der Waals surface area contributed by atoms with Crippen molar-refractivity contribution in [3.8, 4) is 0 Å². The summed E-state index contributed by atoms with van der Waals surface area (Å²) in [5.41, 5.74) is 0. The molecule has 0 saturated carbocycles. The van der Waals surface area contributed by atoms with Gasteiger partial charge in [-0.15, -0.1) is 0 Å². The Morgan fingerprint density at radius 3 is 2.48 bits per heavy atom. The SMILES string of the molecule is CN=C(NCCc1nc(C(C)C)no1)NC(C)CCCC(C)C. The van der Waals surface area contributed by atoms with Crippen molar-refractivity contribution in [1.82, 2.24) is 20.8 Å². The van der Waals surface area contributed by atoms with Crippen LogP contribution in [0.3, 0.4) is 0 Å². The van der Waals surface area contributed by atoms with E-state index in [1.54, 1.807) is 7.05 Å². The first-order chi connectivity index (χ1) is 10.9. The van der Waals surface area contributed by atoms with Crippen molar-refractivity contribution in [2.45, 2.75) is 72.3 Å². The van der Waals surface area contributed by atoms with Crippen molar-refractivity contribution in [3.63, 3.8) is 0 Å². The van der Waals surface area contributed by atoms with E-state index >= 15 is 0 Å². The predicted octanol–water partition coefficient (Wildman–Crippen LogP) is 3.12. The van der Waals surface area contributed by atoms with Gasteiger partial charge in [0.25, 0.3) is 0 Å². The van der Waals surface area contributed by atoms with E-state index in [1.807, 2.05) is 0 Å².